The number of thioether (sulfide) groups is 1. The molecule has 0 bridgehead atoms. The number of aromatic nitrogens is 2. The zero-order valence-corrected chi connectivity index (χ0v) is 17.1. The lowest BCUT2D eigenvalue weighted by Gasteiger charge is -1.99. The number of hydrogen-bond donors (Lipinski definition) is 2. The third-order valence-corrected chi connectivity index (χ3v) is 6.50. The molecule has 2 fully saturated rings. The monoisotopic (exact) mass is 423 g/mol. The number of nitrogens with one attached hydrogen (secondary N) is 2. The molecule has 1 saturated carbocycles. The van der Waals surface area contributed by atoms with Crippen LogP contribution in [0.2, 0.25) is 0 Å². The normalized spacial score (nSPS) is 19.3. The van der Waals surface area contributed by atoms with Crippen molar-refractivity contribution in [2.75, 3.05) is 5.32 Å². The molecule has 0 unspecified atom stereocenters. The molecule has 0 atom stereocenters. The number of rotatable bonds is 4. The van der Waals surface area contributed by atoms with Gasteiger partial charge in [-0.05, 0) is 54.9 Å². The van der Waals surface area contributed by atoms with Crippen LogP contribution in [-0.4, -0.2) is 26.5 Å². The zero-order chi connectivity index (χ0) is 20.0. The number of amides is 2. The SMILES string of the molecule is Cn1ccc2cc(N=C3NC(=O)/C(=C/c4cnc(NC(=O)C5CC5)s4)S3)ccc21. The summed E-state index contributed by atoms with van der Waals surface area (Å²) in [4.78, 5) is 34.3. The number of aryl methyl sites for hydroxylation is 1. The molecule has 0 radical (unpaired) electrons. The second kappa shape index (κ2) is 7.16. The number of thiazole rings is 1. The van der Waals surface area contributed by atoms with Gasteiger partial charge < -0.3 is 15.2 Å². The van der Waals surface area contributed by atoms with Crippen molar-refractivity contribution in [1.29, 1.82) is 0 Å². The molecule has 7 nitrogen and oxygen atoms in total. The van der Waals surface area contributed by atoms with Crippen LogP contribution in [0.25, 0.3) is 17.0 Å². The number of hydrogen-bond acceptors (Lipinski definition) is 6. The van der Waals surface area contributed by atoms with E-state index in [1.807, 2.05) is 37.5 Å². The maximum atomic E-state index is 12.3. The maximum absolute atomic E-state index is 12.3. The number of anilines is 1. The molecule has 2 aromatic heterocycles. The number of carbonyl (C=O) groups excluding carboxylic acids is 2. The molecule has 3 heterocycles. The van der Waals surface area contributed by atoms with Gasteiger partial charge in [0.15, 0.2) is 10.3 Å². The summed E-state index contributed by atoms with van der Waals surface area (Å²) in [7, 11) is 2.00. The number of aliphatic imine (C=N–C) groups is 1. The second-order valence-corrected chi connectivity index (χ2v) is 9.08. The van der Waals surface area contributed by atoms with Crippen molar-refractivity contribution in [3.63, 3.8) is 0 Å². The van der Waals surface area contributed by atoms with Crippen molar-refractivity contribution in [2.45, 2.75) is 12.8 Å². The predicted molar refractivity (Wildman–Crippen MR) is 117 cm³/mol. The summed E-state index contributed by atoms with van der Waals surface area (Å²) in [5, 5.41) is 7.83. The molecule has 1 aliphatic carbocycles. The number of amidine groups is 1. The Bertz CT molecular complexity index is 1200. The number of benzene rings is 1. The number of carbonyl (C=O) groups is 2. The highest BCUT2D eigenvalue weighted by Gasteiger charge is 2.30. The van der Waals surface area contributed by atoms with E-state index in [0.29, 0.717) is 15.2 Å². The summed E-state index contributed by atoms with van der Waals surface area (Å²) >= 11 is 2.64. The first-order valence-electron chi connectivity index (χ1n) is 9.16. The molecule has 1 aromatic carbocycles. The first-order valence-corrected chi connectivity index (χ1v) is 10.8. The Balaban J connectivity index is 1.32. The van der Waals surface area contributed by atoms with Crippen LogP contribution in [-0.2, 0) is 16.6 Å². The predicted octanol–water partition coefficient (Wildman–Crippen LogP) is 3.87. The molecule has 1 saturated heterocycles. The smallest absolute Gasteiger partial charge is 0.264 e. The Hall–Kier alpha value is -2.91. The van der Waals surface area contributed by atoms with E-state index in [2.05, 4.69) is 25.2 Å². The van der Waals surface area contributed by atoms with E-state index in [-0.39, 0.29) is 17.7 Å². The quantitative estimate of drug-likeness (QED) is 0.624. The van der Waals surface area contributed by atoms with E-state index in [1.165, 1.54) is 23.1 Å². The Morgan fingerprint density at radius 3 is 3.07 bits per heavy atom. The largest absolute Gasteiger partial charge is 0.351 e. The van der Waals surface area contributed by atoms with Gasteiger partial charge in [0.25, 0.3) is 5.91 Å². The van der Waals surface area contributed by atoms with E-state index in [1.54, 1.807) is 12.3 Å². The molecular formula is C20H17N5O2S2. The summed E-state index contributed by atoms with van der Waals surface area (Å²) in [6.45, 7) is 0. The fourth-order valence-electron chi connectivity index (χ4n) is 3.03. The van der Waals surface area contributed by atoms with Gasteiger partial charge in [0.05, 0.1) is 15.5 Å². The standard InChI is InChI=1S/C20H17N5O2S2/c1-25-7-6-12-8-13(4-5-15(12)25)22-20-24-18(27)16(29-20)9-14-10-21-19(28-14)23-17(26)11-2-3-11/h4-11H,2-3H2,1H3,(H,21,23,26)(H,22,24,27)/b16-9-. The lowest BCUT2D eigenvalue weighted by atomic mass is 10.2. The van der Waals surface area contributed by atoms with Gasteiger partial charge in [-0.1, -0.05) is 11.3 Å². The second-order valence-electron chi connectivity index (χ2n) is 6.98. The minimum Gasteiger partial charge on any atom is -0.351 e. The molecule has 3 aromatic rings. The lowest BCUT2D eigenvalue weighted by molar-refractivity contribution is -0.117. The lowest BCUT2D eigenvalue weighted by Crippen LogP contribution is -2.19. The van der Waals surface area contributed by atoms with Crippen molar-refractivity contribution in [3.8, 4) is 0 Å². The average molecular weight is 424 g/mol. The van der Waals surface area contributed by atoms with Gasteiger partial charge in [-0.25, -0.2) is 9.98 Å². The van der Waals surface area contributed by atoms with Crippen molar-refractivity contribution < 1.29 is 9.59 Å². The van der Waals surface area contributed by atoms with E-state index >= 15 is 0 Å². The summed E-state index contributed by atoms with van der Waals surface area (Å²) in [6, 6.07) is 7.98. The summed E-state index contributed by atoms with van der Waals surface area (Å²) in [6.07, 6.45) is 7.33. The first kappa shape index (κ1) is 18.1. The Morgan fingerprint density at radius 2 is 2.24 bits per heavy atom. The third-order valence-electron chi connectivity index (χ3n) is 4.73. The molecule has 2 aliphatic rings. The van der Waals surface area contributed by atoms with Crippen LogP contribution in [0.1, 0.15) is 17.7 Å². The van der Waals surface area contributed by atoms with Gasteiger partial charge in [0.1, 0.15) is 0 Å². The van der Waals surface area contributed by atoms with E-state index in [9.17, 15) is 9.59 Å². The van der Waals surface area contributed by atoms with Gasteiger partial charge in [0, 0.05) is 36.3 Å². The Morgan fingerprint density at radius 1 is 1.38 bits per heavy atom. The van der Waals surface area contributed by atoms with Crippen molar-refractivity contribution in [1.82, 2.24) is 14.9 Å². The molecule has 29 heavy (non-hydrogen) atoms. The van der Waals surface area contributed by atoms with Crippen LogP contribution in [0.4, 0.5) is 10.8 Å². The molecule has 2 amide bonds. The summed E-state index contributed by atoms with van der Waals surface area (Å²) < 4.78 is 2.05. The van der Waals surface area contributed by atoms with Gasteiger partial charge in [0.2, 0.25) is 5.91 Å². The molecular weight excluding hydrogens is 406 g/mol. The van der Waals surface area contributed by atoms with Crippen LogP contribution in [0.15, 0.2) is 46.6 Å². The van der Waals surface area contributed by atoms with E-state index in [0.717, 1.165) is 34.3 Å². The maximum Gasteiger partial charge on any atom is 0.264 e. The Labute approximate surface area is 174 Å². The van der Waals surface area contributed by atoms with Crippen molar-refractivity contribution in [3.05, 3.63) is 46.4 Å². The highest BCUT2D eigenvalue weighted by Crippen LogP contribution is 2.33. The van der Waals surface area contributed by atoms with Crippen molar-refractivity contribution >= 4 is 67.9 Å². The highest BCUT2D eigenvalue weighted by molar-refractivity contribution is 8.18. The van der Waals surface area contributed by atoms with Crippen LogP contribution < -0.4 is 10.6 Å². The van der Waals surface area contributed by atoms with Crippen LogP contribution >= 0.6 is 23.1 Å². The molecule has 1 aliphatic heterocycles. The van der Waals surface area contributed by atoms with Crippen molar-refractivity contribution in [2.24, 2.45) is 18.0 Å². The third kappa shape index (κ3) is 3.83. The van der Waals surface area contributed by atoms with Crippen LogP contribution in [0.5, 0.6) is 0 Å². The minimum absolute atomic E-state index is 0.0244. The van der Waals surface area contributed by atoms with Crippen LogP contribution in [0, 0.1) is 5.92 Å². The molecule has 9 heteroatoms. The van der Waals surface area contributed by atoms with E-state index < -0.39 is 0 Å². The highest BCUT2D eigenvalue weighted by atomic mass is 32.2. The Kier molecular flexibility index (Phi) is 4.48. The fourth-order valence-corrected chi connectivity index (χ4v) is 4.70. The van der Waals surface area contributed by atoms with Gasteiger partial charge in [-0.15, -0.1) is 0 Å². The topological polar surface area (TPSA) is 88.4 Å². The van der Waals surface area contributed by atoms with Gasteiger partial charge in [-0.3, -0.25) is 9.59 Å². The van der Waals surface area contributed by atoms with Gasteiger partial charge in [-0.2, -0.15) is 0 Å². The molecule has 0 spiro atoms. The molecule has 5 rings (SSSR count). The first-order chi connectivity index (χ1) is 14.0. The van der Waals surface area contributed by atoms with Crippen LogP contribution in [0.3, 0.4) is 0 Å². The summed E-state index contributed by atoms with van der Waals surface area (Å²) in [5.74, 6) is -0.0337. The summed E-state index contributed by atoms with van der Waals surface area (Å²) in [5.41, 5.74) is 1.92. The molecule has 146 valence electrons. The van der Waals surface area contributed by atoms with E-state index in [4.69, 9.17) is 0 Å². The average Bonchev–Trinajstić information content (AvgIpc) is 3.25. The number of nitrogens with zero attached hydrogens (tertiary/aromatic N) is 3. The van der Waals surface area contributed by atoms with Gasteiger partial charge >= 0.3 is 0 Å². The minimum atomic E-state index is -0.188. The number of fused-ring (bicyclic) bond motifs is 1. The zero-order valence-electron chi connectivity index (χ0n) is 15.5. The molecule has 2 N–H and O–H groups in total. The fraction of sp³-hybridized carbons (Fsp3) is 0.200.